The van der Waals surface area contributed by atoms with Crippen LogP contribution < -0.4 is 5.73 Å². The Labute approximate surface area is 148 Å². The summed E-state index contributed by atoms with van der Waals surface area (Å²) in [6.45, 7) is 9.10. The third kappa shape index (κ3) is 16.3. The van der Waals surface area contributed by atoms with Crippen LogP contribution in [-0.2, 0) is 13.6 Å². The van der Waals surface area contributed by atoms with Crippen LogP contribution in [0.5, 0.6) is 0 Å². The molecule has 0 fully saturated rings. The first-order chi connectivity index (χ1) is 11.4. The number of rotatable bonds is 14. The summed E-state index contributed by atoms with van der Waals surface area (Å²) in [5, 5.41) is 7.10. The molecule has 0 heterocycles. The highest BCUT2D eigenvalue weighted by Gasteiger charge is 2.24. The number of phosphoric acid groups is 1. The van der Waals surface area contributed by atoms with Crippen LogP contribution in [0.3, 0.4) is 0 Å². The molecule has 0 rings (SSSR count). The second kappa shape index (κ2) is 17.2. The molecule has 0 spiro atoms. The van der Waals surface area contributed by atoms with Gasteiger partial charge in [-0.05, 0) is 24.7 Å². The van der Waals surface area contributed by atoms with Gasteiger partial charge in [-0.15, -0.1) is 0 Å². The lowest BCUT2D eigenvalue weighted by Crippen LogP contribution is -2.12. The van der Waals surface area contributed by atoms with Crippen LogP contribution in [0, 0.1) is 23.3 Å². The Morgan fingerprint density at radius 1 is 1.00 bits per heavy atom. The molecule has 6 nitrogen and oxygen atoms in total. The van der Waals surface area contributed by atoms with Crippen LogP contribution in [0.1, 0.15) is 79.1 Å². The number of hydrogen-bond donors (Lipinski definition) is 2. The van der Waals surface area contributed by atoms with Gasteiger partial charge in [-0.1, -0.05) is 66.2 Å². The standard InChI is InChI=1S/C16H35O4P.CH2N2/c1-5-9-11-15(7-3)13-19-21(17,18)20-14-16(8-4)12-10-6-2;2-1-3/h15-16H,5-14H2,1-4H3,(H,17,18);2H2. The Morgan fingerprint density at radius 2 is 1.33 bits per heavy atom. The third-order valence-corrected chi connectivity index (χ3v) is 4.98. The summed E-state index contributed by atoms with van der Waals surface area (Å²) in [7, 11) is -3.89. The lowest BCUT2D eigenvalue weighted by atomic mass is 10.0. The zero-order chi connectivity index (χ0) is 18.8. The van der Waals surface area contributed by atoms with Crippen molar-refractivity contribution in [2.45, 2.75) is 79.1 Å². The molecular formula is C17H37N2O4P. The fourth-order valence-electron chi connectivity index (χ4n) is 2.23. The molecule has 0 bridgehead atoms. The van der Waals surface area contributed by atoms with Crippen molar-refractivity contribution in [3.05, 3.63) is 0 Å². The minimum atomic E-state index is -3.89. The lowest BCUT2D eigenvalue weighted by Gasteiger charge is -2.20. The summed E-state index contributed by atoms with van der Waals surface area (Å²) >= 11 is 0. The highest BCUT2D eigenvalue weighted by Crippen LogP contribution is 2.44. The minimum Gasteiger partial charge on any atom is -0.337 e. The van der Waals surface area contributed by atoms with Gasteiger partial charge in [0.15, 0.2) is 6.19 Å². The van der Waals surface area contributed by atoms with Crippen molar-refractivity contribution in [2.24, 2.45) is 17.6 Å². The van der Waals surface area contributed by atoms with Gasteiger partial charge in [0, 0.05) is 0 Å². The van der Waals surface area contributed by atoms with Gasteiger partial charge in [0.2, 0.25) is 0 Å². The van der Waals surface area contributed by atoms with Crippen molar-refractivity contribution >= 4 is 7.82 Å². The summed E-state index contributed by atoms with van der Waals surface area (Å²) in [4.78, 5) is 9.77. The average Bonchev–Trinajstić information content (AvgIpc) is 2.56. The Hall–Kier alpha value is -0.600. The maximum Gasteiger partial charge on any atom is 0.472 e. The maximum atomic E-state index is 11.9. The fraction of sp³-hybridized carbons (Fsp3) is 0.941. The smallest absolute Gasteiger partial charge is 0.337 e. The van der Waals surface area contributed by atoms with Gasteiger partial charge >= 0.3 is 7.82 Å². The highest BCUT2D eigenvalue weighted by molar-refractivity contribution is 7.47. The van der Waals surface area contributed by atoms with E-state index in [2.05, 4.69) is 33.4 Å². The molecule has 24 heavy (non-hydrogen) atoms. The van der Waals surface area contributed by atoms with Crippen LogP contribution in [0.15, 0.2) is 0 Å². The number of unbranched alkanes of at least 4 members (excludes halogenated alkanes) is 2. The van der Waals surface area contributed by atoms with Crippen molar-refractivity contribution in [1.29, 1.82) is 5.26 Å². The molecule has 0 radical (unpaired) electrons. The van der Waals surface area contributed by atoms with E-state index < -0.39 is 7.82 Å². The molecule has 0 aromatic carbocycles. The first-order valence-corrected chi connectivity index (χ1v) is 10.6. The Balaban J connectivity index is 0. The van der Waals surface area contributed by atoms with Gasteiger partial charge in [0.25, 0.3) is 0 Å². The molecule has 0 aliphatic carbocycles. The first kappa shape index (κ1) is 25.6. The highest BCUT2D eigenvalue weighted by atomic mass is 31.2. The summed E-state index contributed by atoms with van der Waals surface area (Å²) < 4.78 is 22.2. The van der Waals surface area contributed by atoms with Crippen molar-refractivity contribution in [3.63, 3.8) is 0 Å². The normalized spacial score (nSPS) is 15.5. The molecule has 3 N–H and O–H groups in total. The zero-order valence-corrected chi connectivity index (χ0v) is 16.8. The van der Waals surface area contributed by atoms with Gasteiger partial charge in [0.1, 0.15) is 0 Å². The maximum absolute atomic E-state index is 11.9. The minimum absolute atomic E-state index is 0.316. The Morgan fingerprint density at radius 3 is 1.58 bits per heavy atom. The van der Waals surface area contributed by atoms with Crippen LogP contribution in [0.4, 0.5) is 0 Å². The molecule has 7 heteroatoms. The molecule has 2 unspecified atom stereocenters. The SMILES string of the molecule is CCCCC(CC)COP(=O)(O)OCC(CC)CCCC.N#CN. The number of nitrogens with two attached hydrogens (primary N) is 1. The van der Waals surface area contributed by atoms with E-state index >= 15 is 0 Å². The van der Waals surface area contributed by atoms with E-state index in [4.69, 9.17) is 14.3 Å². The molecule has 0 amide bonds. The monoisotopic (exact) mass is 364 g/mol. The van der Waals surface area contributed by atoms with Gasteiger partial charge < -0.3 is 10.6 Å². The molecule has 0 aromatic rings. The second-order valence-corrected chi connectivity index (χ2v) is 7.48. The quantitative estimate of drug-likeness (QED) is 0.256. The van der Waals surface area contributed by atoms with E-state index in [9.17, 15) is 9.46 Å². The molecule has 0 aliphatic rings. The van der Waals surface area contributed by atoms with E-state index in [1.54, 1.807) is 0 Å². The van der Waals surface area contributed by atoms with E-state index in [0.717, 1.165) is 51.4 Å². The average molecular weight is 364 g/mol. The molecule has 0 aliphatic heterocycles. The summed E-state index contributed by atoms with van der Waals surface area (Å²) in [5.74, 6) is 0.687. The summed E-state index contributed by atoms with van der Waals surface area (Å²) in [5.41, 5.74) is 4.15. The van der Waals surface area contributed by atoms with Crippen molar-refractivity contribution in [2.75, 3.05) is 13.2 Å². The summed E-state index contributed by atoms with van der Waals surface area (Å²) in [6, 6.07) is 0. The number of hydrogen-bond acceptors (Lipinski definition) is 5. The molecule has 0 aromatic heterocycles. The van der Waals surface area contributed by atoms with Gasteiger partial charge in [-0.2, -0.15) is 5.26 Å². The zero-order valence-electron chi connectivity index (χ0n) is 15.9. The van der Waals surface area contributed by atoms with Crippen LogP contribution >= 0.6 is 7.82 Å². The van der Waals surface area contributed by atoms with Crippen LogP contribution in [0.2, 0.25) is 0 Å². The second-order valence-electron chi connectivity index (χ2n) is 6.02. The predicted molar refractivity (Wildman–Crippen MR) is 98.1 cm³/mol. The Bertz CT molecular complexity index is 337. The van der Waals surface area contributed by atoms with Crippen LogP contribution in [-0.4, -0.2) is 18.1 Å². The molecule has 2 atom stereocenters. The number of phosphoric ester groups is 1. The molecule has 144 valence electrons. The summed E-state index contributed by atoms with van der Waals surface area (Å²) in [6.07, 6.45) is 9.81. The van der Waals surface area contributed by atoms with Crippen molar-refractivity contribution in [3.8, 4) is 6.19 Å². The first-order valence-electron chi connectivity index (χ1n) is 9.12. The molecule has 0 saturated heterocycles. The van der Waals surface area contributed by atoms with Crippen LogP contribution in [0.25, 0.3) is 0 Å². The van der Waals surface area contributed by atoms with Gasteiger partial charge in [-0.3, -0.25) is 9.05 Å². The van der Waals surface area contributed by atoms with E-state index in [0.29, 0.717) is 25.0 Å². The van der Waals surface area contributed by atoms with E-state index in [-0.39, 0.29) is 0 Å². The number of nitriles is 1. The molecule has 0 saturated carbocycles. The Kier molecular flexibility index (Phi) is 18.4. The predicted octanol–water partition coefficient (Wildman–Crippen LogP) is 4.98. The third-order valence-electron chi connectivity index (χ3n) is 4.03. The van der Waals surface area contributed by atoms with Gasteiger partial charge in [-0.25, -0.2) is 4.57 Å². The van der Waals surface area contributed by atoms with E-state index in [1.165, 1.54) is 6.19 Å². The fourth-order valence-corrected chi connectivity index (χ4v) is 3.11. The van der Waals surface area contributed by atoms with Crippen molar-refractivity contribution in [1.82, 2.24) is 0 Å². The number of nitrogens with zero attached hydrogens (tertiary/aromatic N) is 1. The van der Waals surface area contributed by atoms with E-state index in [1.807, 2.05) is 0 Å². The molecular weight excluding hydrogens is 327 g/mol. The lowest BCUT2D eigenvalue weighted by molar-refractivity contribution is 0.110. The topological polar surface area (TPSA) is 106 Å². The van der Waals surface area contributed by atoms with Gasteiger partial charge in [0.05, 0.1) is 13.2 Å². The largest absolute Gasteiger partial charge is 0.472 e. The van der Waals surface area contributed by atoms with Crippen molar-refractivity contribution < 1.29 is 18.5 Å².